The Morgan fingerprint density at radius 3 is 2.88 bits per heavy atom. The fraction of sp³-hybridized carbons (Fsp3) is 0.167. The van der Waals surface area contributed by atoms with E-state index in [0.717, 1.165) is 16.3 Å². The zero-order valence-corrected chi connectivity index (χ0v) is 14.3. The van der Waals surface area contributed by atoms with Crippen LogP contribution in [0, 0.1) is 13.8 Å². The molecule has 0 aliphatic rings. The molecule has 0 bridgehead atoms. The van der Waals surface area contributed by atoms with Gasteiger partial charge in [0.25, 0.3) is 5.91 Å². The zero-order chi connectivity index (χ0) is 16.9. The molecule has 0 saturated carbocycles. The molecule has 5 nitrogen and oxygen atoms in total. The molecule has 0 fully saturated rings. The van der Waals surface area contributed by atoms with Gasteiger partial charge >= 0.3 is 0 Å². The molecular formula is C18H17N3O2S. The molecule has 0 atom stereocenters. The monoisotopic (exact) mass is 339 g/mol. The van der Waals surface area contributed by atoms with Crippen LogP contribution in [0.1, 0.15) is 26.6 Å². The number of hydrogen-bond acceptors (Lipinski definition) is 5. The number of ether oxygens (including phenoxy) is 1. The number of amides is 1. The summed E-state index contributed by atoms with van der Waals surface area (Å²) in [7, 11) is 0. The summed E-state index contributed by atoms with van der Waals surface area (Å²) < 4.78 is 5.72. The Bertz CT molecular complexity index is 861. The van der Waals surface area contributed by atoms with Crippen LogP contribution < -0.4 is 10.1 Å². The molecule has 3 aromatic rings. The number of aromatic nitrogens is 2. The Labute approximate surface area is 144 Å². The van der Waals surface area contributed by atoms with E-state index in [4.69, 9.17) is 4.74 Å². The molecule has 122 valence electrons. The number of benzene rings is 1. The van der Waals surface area contributed by atoms with Crippen LogP contribution in [0.4, 0.5) is 5.82 Å². The molecule has 0 unspecified atom stereocenters. The third kappa shape index (κ3) is 3.97. The lowest BCUT2D eigenvalue weighted by atomic mass is 10.2. The minimum absolute atomic E-state index is 0.216. The maximum absolute atomic E-state index is 12.4. The average molecular weight is 339 g/mol. The second kappa shape index (κ2) is 7.23. The Morgan fingerprint density at radius 2 is 2.12 bits per heavy atom. The molecular weight excluding hydrogens is 322 g/mol. The van der Waals surface area contributed by atoms with E-state index >= 15 is 0 Å². The van der Waals surface area contributed by atoms with Gasteiger partial charge in [-0.3, -0.25) is 4.79 Å². The molecule has 2 aromatic heterocycles. The van der Waals surface area contributed by atoms with Gasteiger partial charge in [0.15, 0.2) is 0 Å². The van der Waals surface area contributed by atoms with Crippen LogP contribution in [0.3, 0.4) is 0 Å². The van der Waals surface area contributed by atoms with Crippen molar-refractivity contribution in [1.82, 2.24) is 9.97 Å². The molecule has 0 spiro atoms. The molecule has 0 aliphatic carbocycles. The van der Waals surface area contributed by atoms with Crippen LogP contribution in [0.15, 0.2) is 48.0 Å². The van der Waals surface area contributed by atoms with E-state index in [0.29, 0.717) is 23.7 Å². The summed E-state index contributed by atoms with van der Waals surface area (Å²) >= 11 is 1.59. The number of anilines is 1. The average Bonchev–Trinajstić information content (AvgIpc) is 3.01. The summed E-state index contributed by atoms with van der Waals surface area (Å²) in [6.07, 6.45) is 1.65. The SMILES string of the molecule is Cc1nc(COc2cccc(C(=O)Nc3ncccc3C)c2)cs1. The standard InChI is InChI=1S/C18H17N3O2S/c1-12-5-4-8-19-17(12)21-18(22)14-6-3-7-16(9-14)23-10-15-11-24-13(2)20-15/h3-9,11H,10H2,1-2H3,(H,19,21,22). The second-order valence-corrected chi connectivity index (χ2v) is 6.36. The van der Waals surface area contributed by atoms with E-state index in [1.54, 1.807) is 35.7 Å². The van der Waals surface area contributed by atoms with Crippen LogP contribution in [-0.4, -0.2) is 15.9 Å². The predicted octanol–water partition coefficient (Wildman–Crippen LogP) is 3.99. The molecule has 0 aliphatic heterocycles. The summed E-state index contributed by atoms with van der Waals surface area (Å²) in [6.45, 7) is 4.24. The van der Waals surface area contributed by atoms with Crippen molar-refractivity contribution < 1.29 is 9.53 Å². The molecule has 6 heteroatoms. The first-order valence-corrected chi connectivity index (χ1v) is 8.36. The first-order chi connectivity index (χ1) is 11.6. The van der Waals surface area contributed by atoms with Crippen molar-refractivity contribution in [3.63, 3.8) is 0 Å². The summed E-state index contributed by atoms with van der Waals surface area (Å²) in [6, 6.07) is 10.8. The van der Waals surface area contributed by atoms with Gasteiger partial charge in [-0.1, -0.05) is 12.1 Å². The molecule has 0 saturated heterocycles. The van der Waals surface area contributed by atoms with Crippen molar-refractivity contribution >= 4 is 23.1 Å². The first-order valence-electron chi connectivity index (χ1n) is 7.48. The third-order valence-corrected chi connectivity index (χ3v) is 4.21. The predicted molar refractivity (Wildman–Crippen MR) is 94.6 cm³/mol. The summed E-state index contributed by atoms with van der Waals surface area (Å²) in [4.78, 5) is 20.9. The molecule has 1 amide bonds. The lowest BCUT2D eigenvalue weighted by Gasteiger charge is -2.09. The van der Waals surface area contributed by atoms with Crippen molar-refractivity contribution in [1.29, 1.82) is 0 Å². The van der Waals surface area contributed by atoms with E-state index in [9.17, 15) is 4.79 Å². The van der Waals surface area contributed by atoms with Gasteiger partial charge < -0.3 is 10.1 Å². The number of pyridine rings is 1. The Morgan fingerprint density at radius 1 is 1.25 bits per heavy atom. The summed E-state index contributed by atoms with van der Waals surface area (Å²) in [5.74, 6) is 0.976. The second-order valence-electron chi connectivity index (χ2n) is 5.30. The maximum atomic E-state index is 12.4. The van der Waals surface area contributed by atoms with Crippen LogP contribution in [0.2, 0.25) is 0 Å². The van der Waals surface area contributed by atoms with Crippen LogP contribution in [0.25, 0.3) is 0 Å². The van der Waals surface area contributed by atoms with Crippen molar-refractivity contribution in [3.8, 4) is 5.75 Å². The fourth-order valence-electron chi connectivity index (χ4n) is 2.16. The lowest BCUT2D eigenvalue weighted by molar-refractivity contribution is 0.102. The normalized spacial score (nSPS) is 10.4. The molecule has 1 aromatic carbocycles. The van der Waals surface area contributed by atoms with Gasteiger partial charge in [-0.15, -0.1) is 11.3 Å². The first kappa shape index (κ1) is 16.1. The Balaban J connectivity index is 1.68. The molecule has 3 rings (SSSR count). The van der Waals surface area contributed by atoms with E-state index in [1.165, 1.54) is 0 Å². The lowest BCUT2D eigenvalue weighted by Crippen LogP contribution is -2.14. The molecule has 1 N–H and O–H groups in total. The van der Waals surface area contributed by atoms with Gasteiger partial charge in [0.05, 0.1) is 10.7 Å². The van der Waals surface area contributed by atoms with Gasteiger partial charge in [-0.05, 0) is 43.7 Å². The van der Waals surface area contributed by atoms with Gasteiger partial charge in [0, 0.05) is 17.1 Å². The van der Waals surface area contributed by atoms with Crippen molar-refractivity contribution in [2.75, 3.05) is 5.32 Å². The highest BCUT2D eigenvalue weighted by Crippen LogP contribution is 2.18. The number of aryl methyl sites for hydroxylation is 2. The molecule has 0 radical (unpaired) electrons. The minimum atomic E-state index is -0.216. The zero-order valence-electron chi connectivity index (χ0n) is 13.4. The smallest absolute Gasteiger partial charge is 0.256 e. The summed E-state index contributed by atoms with van der Waals surface area (Å²) in [5.41, 5.74) is 2.32. The van der Waals surface area contributed by atoms with Crippen LogP contribution in [0.5, 0.6) is 5.75 Å². The van der Waals surface area contributed by atoms with Gasteiger partial charge in [0.1, 0.15) is 18.2 Å². The third-order valence-electron chi connectivity index (χ3n) is 3.39. The topological polar surface area (TPSA) is 64.1 Å². The number of rotatable bonds is 5. The maximum Gasteiger partial charge on any atom is 0.256 e. The molecule has 24 heavy (non-hydrogen) atoms. The highest BCUT2D eigenvalue weighted by Gasteiger charge is 2.09. The van der Waals surface area contributed by atoms with Crippen LogP contribution in [-0.2, 0) is 6.61 Å². The number of hydrogen-bond donors (Lipinski definition) is 1. The van der Waals surface area contributed by atoms with E-state index < -0.39 is 0 Å². The number of nitrogens with one attached hydrogen (secondary N) is 1. The number of carbonyl (C=O) groups is 1. The van der Waals surface area contributed by atoms with Crippen molar-refractivity contribution in [2.24, 2.45) is 0 Å². The van der Waals surface area contributed by atoms with Crippen molar-refractivity contribution in [3.05, 3.63) is 69.8 Å². The Kier molecular flexibility index (Phi) is 4.86. The van der Waals surface area contributed by atoms with Crippen LogP contribution >= 0.6 is 11.3 Å². The van der Waals surface area contributed by atoms with Gasteiger partial charge in [0.2, 0.25) is 0 Å². The van der Waals surface area contributed by atoms with Gasteiger partial charge in [-0.2, -0.15) is 0 Å². The highest BCUT2D eigenvalue weighted by atomic mass is 32.1. The number of carbonyl (C=O) groups excluding carboxylic acids is 1. The largest absolute Gasteiger partial charge is 0.487 e. The molecule has 2 heterocycles. The Hall–Kier alpha value is -2.73. The van der Waals surface area contributed by atoms with E-state index in [-0.39, 0.29) is 5.91 Å². The van der Waals surface area contributed by atoms with Gasteiger partial charge in [-0.25, -0.2) is 9.97 Å². The number of thiazole rings is 1. The number of nitrogens with zero attached hydrogens (tertiary/aromatic N) is 2. The quantitative estimate of drug-likeness (QED) is 0.763. The highest BCUT2D eigenvalue weighted by molar-refractivity contribution is 7.09. The van der Waals surface area contributed by atoms with E-state index in [2.05, 4.69) is 15.3 Å². The minimum Gasteiger partial charge on any atom is -0.487 e. The van der Waals surface area contributed by atoms with E-state index in [1.807, 2.05) is 37.4 Å². The summed E-state index contributed by atoms with van der Waals surface area (Å²) in [5, 5.41) is 5.79. The van der Waals surface area contributed by atoms with Crippen molar-refractivity contribution in [2.45, 2.75) is 20.5 Å². The fourth-order valence-corrected chi connectivity index (χ4v) is 2.75.